The molecule has 1 amide bonds. The number of nitrogens with two attached hydrogens (primary N) is 1. The summed E-state index contributed by atoms with van der Waals surface area (Å²) in [7, 11) is 0. The summed E-state index contributed by atoms with van der Waals surface area (Å²) in [5.41, 5.74) is 7.33. The van der Waals surface area contributed by atoms with Gasteiger partial charge in [0.15, 0.2) is 0 Å². The first-order valence-corrected chi connectivity index (χ1v) is 6.98. The molecular weight excluding hydrogens is 240 g/mol. The number of amides is 1. The predicted octanol–water partition coefficient (Wildman–Crippen LogP) is 1.27. The second-order valence-corrected chi connectivity index (χ2v) is 5.62. The molecule has 2 saturated heterocycles. The Balaban J connectivity index is 1.80. The molecule has 0 radical (unpaired) electrons. The van der Waals surface area contributed by atoms with Gasteiger partial charge in [0.05, 0.1) is 6.10 Å². The Kier molecular flexibility index (Phi) is 3.29. The van der Waals surface area contributed by atoms with E-state index in [0.29, 0.717) is 6.54 Å². The maximum atomic E-state index is 12.6. The van der Waals surface area contributed by atoms with Crippen LogP contribution < -0.4 is 5.73 Å². The largest absolute Gasteiger partial charge is 0.393 e. The number of hydrogen-bond donors (Lipinski definition) is 2. The van der Waals surface area contributed by atoms with E-state index in [1.54, 1.807) is 0 Å². The van der Waals surface area contributed by atoms with Crippen LogP contribution in [0.25, 0.3) is 0 Å². The van der Waals surface area contributed by atoms with Gasteiger partial charge in [-0.15, -0.1) is 0 Å². The van der Waals surface area contributed by atoms with Crippen molar-refractivity contribution < 1.29 is 9.90 Å². The van der Waals surface area contributed by atoms with Crippen LogP contribution in [0.3, 0.4) is 0 Å². The summed E-state index contributed by atoms with van der Waals surface area (Å²) in [5, 5.41) is 9.78. The van der Waals surface area contributed by atoms with E-state index in [4.69, 9.17) is 5.73 Å². The zero-order valence-electron chi connectivity index (χ0n) is 11.0. The summed E-state index contributed by atoms with van der Waals surface area (Å²) in [4.78, 5) is 14.6. The fraction of sp³-hybridized carbons (Fsp3) is 0.533. The van der Waals surface area contributed by atoms with Crippen molar-refractivity contribution in [3.8, 4) is 0 Å². The normalized spacial score (nSPS) is 29.6. The third-order valence-corrected chi connectivity index (χ3v) is 4.38. The van der Waals surface area contributed by atoms with Crippen molar-refractivity contribution >= 4 is 5.91 Å². The number of aliphatic hydroxyl groups is 1. The van der Waals surface area contributed by atoms with Gasteiger partial charge in [-0.2, -0.15) is 0 Å². The average molecular weight is 260 g/mol. The molecule has 3 N–H and O–H groups in total. The fourth-order valence-electron chi connectivity index (χ4n) is 3.41. The van der Waals surface area contributed by atoms with Gasteiger partial charge in [-0.3, -0.25) is 4.79 Å². The summed E-state index contributed by atoms with van der Waals surface area (Å²) < 4.78 is 0. The van der Waals surface area contributed by atoms with Gasteiger partial charge in [0.25, 0.3) is 5.91 Å². The summed E-state index contributed by atoms with van der Waals surface area (Å²) in [6, 6.07) is 7.97. The van der Waals surface area contributed by atoms with Gasteiger partial charge in [0.1, 0.15) is 0 Å². The van der Waals surface area contributed by atoms with E-state index in [1.807, 2.05) is 29.2 Å². The summed E-state index contributed by atoms with van der Waals surface area (Å²) >= 11 is 0. The molecule has 2 unspecified atom stereocenters. The molecule has 19 heavy (non-hydrogen) atoms. The highest BCUT2D eigenvalue weighted by molar-refractivity contribution is 5.95. The highest BCUT2D eigenvalue weighted by Crippen LogP contribution is 2.36. The van der Waals surface area contributed by atoms with Gasteiger partial charge in [-0.05, 0) is 43.4 Å². The van der Waals surface area contributed by atoms with Gasteiger partial charge in [0.2, 0.25) is 0 Å². The Morgan fingerprint density at radius 1 is 1.21 bits per heavy atom. The molecule has 1 aromatic carbocycles. The first-order valence-electron chi connectivity index (χ1n) is 6.98. The van der Waals surface area contributed by atoms with Crippen LogP contribution in [0.5, 0.6) is 0 Å². The van der Waals surface area contributed by atoms with Crippen LogP contribution in [0.2, 0.25) is 0 Å². The lowest BCUT2D eigenvalue weighted by atomic mass is 9.98. The molecular formula is C15H20N2O2. The minimum absolute atomic E-state index is 0.1000. The van der Waals surface area contributed by atoms with Gasteiger partial charge in [-0.25, -0.2) is 0 Å². The smallest absolute Gasteiger partial charge is 0.254 e. The van der Waals surface area contributed by atoms with Crippen molar-refractivity contribution in [2.24, 2.45) is 5.73 Å². The monoisotopic (exact) mass is 260 g/mol. The zero-order chi connectivity index (χ0) is 13.4. The molecule has 1 aromatic rings. The van der Waals surface area contributed by atoms with Crippen LogP contribution in [0, 0.1) is 0 Å². The van der Waals surface area contributed by atoms with Crippen molar-refractivity contribution in [3.63, 3.8) is 0 Å². The number of rotatable bonds is 2. The minimum Gasteiger partial charge on any atom is -0.393 e. The lowest BCUT2D eigenvalue weighted by molar-refractivity contribution is 0.0287. The quantitative estimate of drug-likeness (QED) is 0.841. The molecule has 2 aliphatic rings. The Morgan fingerprint density at radius 2 is 1.79 bits per heavy atom. The number of piperidine rings is 1. The van der Waals surface area contributed by atoms with E-state index < -0.39 is 0 Å². The number of benzene rings is 1. The molecule has 0 saturated carbocycles. The summed E-state index contributed by atoms with van der Waals surface area (Å²) in [6.45, 7) is 0.496. The zero-order valence-corrected chi connectivity index (χ0v) is 11.0. The molecule has 4 nitrogen and oxygen atoms in total. The van der Waals surface area contributed by atoms with E-state index in [-0.39, 0.29) is 24.1 Å². The van der Waals surface area contributed by atoms with Crippen molar-refractivity contribution in [1.29, 1.82) is 0 Å². The van der Waals surface area contributed by atoms with Gasteiger partial charge >= 0.3 is 0 Å². The Morgan fingerprint density at radius 3 is 2.32 bits per heavy atom. The molecule has 2 atom stereocenters. The highest BCUT2D eigenvalue weighted by Gasteiger charge is 2.42. The van der Waals surface area contributed by atoms with E-state index in [2.05, 4.69) is 0 Å². The molecule has 0 aliphatic carbocycles. The number of carbonyl (C=O) groups excluding carboxylic acids is 1. The maximum Gasteiger partial charge on any atom is 0.254 e. The SMILES string of the molecule is NCc1ccc(C(=O)N2C3CCC2CC(O)C3)cc1. The molecule has 2 heterocycles. The standard InChI is InChI=1S/C15H20N2O2/c16-9-10-1-3-11(4-2-10)15(19)17-12-5-6-13(17)8-14(18)7-12/h1-4,12-14,18H,5-9,16H2. The van der Waals surface area contributed by atoms with E-state index >= 15 is 0 Å². The molecule has 102 valence electrons. The highest BCUT2D eigenvalue weighted by atomic mass is 16.3. The lowest BCUT2D eigenvalue weighted by Gasteiger charge is -2.37. The first kappa shape index (κ1) is 12.6. The molecule has 0 aromatic heterocycles. The molecule has 2 fully saturated rings. The van der Waals surface area contributed by atoms with Gasteiger partial charge in [-0.1, -0.05) is 12.1 Å². The number of nitrogens with zero attached hydrogens (tertiary/aromatic N) is 1. The predicted molar refractivity (Wildman–Crippen MR) is 72.6 cm³/mol. The number of carbonyl (C=O) groups is 1. The second kappa shape index (κ2) is 4.94. The topological polar surface area (TPSA) is 66.6 Å². The summed E-state index contributed by atoms with van der Waals surface area (Å²) in [5.74, 6) is 0.1000. The van der Waals surface area contributed by atoms with Crippen LogP contribution in [0.4, 0.5) is 0 Å². The van der Waals surface area contributed by atoms with Crippen LogP contribution >= 0.6 is 0 Å². The molecule has 2 bridgehead atoms. The van der Waals surface area contributed by atoms with Crippen LogP contribution in [-0.2, 0) is 6.54 Å². The van der Waals surface area contributed by atoms with Crippen molar-refractivity contribution in [2.45, 2.75) is 50.4 Å². The number of hydrogen-bond acceptors (Lipinski definition) is 3. The molecule has 3 rings (SSSR count). The third-order valence-electron chi connectivity index (χ3n) is 4.38. The average Bonchev–Trinajstić information content (AvgIpc) is 2.70. The van der Waals surface area contributed by atoms with Gasteiger partial charge in [0, 0.05) is 24.2 Å². The van der Waals surface area contributed by atoms with E-state index in [1.165, 1.54) is 0 Å². The first-order chi connectivity index (χ1) is 9.19. The van der Waals surface area contributed by atoms with Gasteiger partial charge < -0.3 is 15.7 Å². The van der Waals surface area contributed by atoms with Crippen LogP contribution in [0.15, 0.2) is 24.3 Å². The van der Waals surface area contributed by atoms with E-state index in [0.717, 1.165) is 36.8 Å². The minimum atomic E-state index is -0.235. The maximum absolute atomic E-state index is 12.6. The Bertz CT molecular complexity index is 458. The Labute approximate surface area is 113 Å². The third kappa shape index (κ3) is 2.26. The second-order valence-electron chi connectivity index (χ2n) is 5.62. The fourth-order valence-corrected chi connectivity index (χ4v) is 3.41. The lowest BCUT2D eigenvalue weighted by Crippen LogP contribution is -2.48. The van der Waals surface area contributed by atoms with E-state index in [9.17, 15) is 9.90 Å². The van der Waals surface area contributed by atoms with Crippen LogP contribution in [-0.4, -0.2) is 34.1 Å². The van der Waals surface area contributed by atoms with Crippen molar-refractivity contribution in [1.82, 2.24) is 4.90 Å². The molecule has 0 spiro atoms. The van der Waals surface area contributed by atoms with Crippen LogP contribution in [0.1, 0.15) is 41.6 Å². The van der Waals surface area contributed by atoms with Crippen molar-refractivity contribution in [2.75, 3.05) is 0 Å². The number of aliphatic hydroxyl groups excluding tert-OH is 1. The molecule has 2 aliphatic heterocycles. The number of fused-ring (bicyclic) bond motifs is 2. The summed E-state index contributed by atoms with van der Waals surface area (Å²) in [6.07, 6.45) is 3.26. The Hall–Kier alpha value is -1.39. The van der Waals surface area contributed by atoms with Crippen molar-refractivity contribution in [3.05, 3.63) is 35.4 Å². The molecule has 4 heteroatoms.